The molecule has 2 heterocycles. The number of nitrogens with one attached hydrogen (secondary N) is 1. The molecule has 10 heteroatoms. The van der Waals surface area contributed by atoms with Gasteiger partial charge in [0.2, 0.25) is 5.95 Å². The molecule has 2 atom stereocenters. The van der Waals surface area contributed by atoms with E-state index in [1.807, 2.05) is 24.3 Å². The zero-order valence-electron chi connectivity index (χ0n) is 15.0. The van der Waals surface area contributed by atoms with Crippen LogP contribution in [-0.2, 0) is 9.84 Å². The molecular weight excluding hydrogens is 368 g/mol. The van der Waals surface area contributed by atoms with Crippen molar-refractivity contribution >= 4 is 26.9 Å². The smallest absolute Gasteiger partial charge is 0.225 e. The minimum Gasteiger partial charge on any atom is -0.497 e. The first kappa shape index (κ1) is 17.7. The fourth-order valence-corrected chi connectivity index (χ4v) is 4.48. The van der Waals surface area contributed by atoms with Gasteiger partial charge in [0.25, 0.3) is 0 Å². The van der Waals surface area contributed by atoms with E-state index >= 15 is 0 Å². The van der Waals surface area contributed by atoms with Crippen molar-refractivity contribution in [3.05, 3.63) is 30.5 Å². The van der Waals surface area contributed by atoms with Gasteiger partial charge < -0.3 is 10.1 Å². The van der Waals surface area contributed by atoms with Crippen LogP contribution in [0.15, 0.2) is 30.5 Å². The Morgan fingerprint density at radius 3 is 2.67 bits per heavy atom. The lowest BCUT2D eigenvalue weighted by molar-refractivity contribution is 0.414. The average molecular weight is 388 g/mol. The molecule has 9 nitrogen and oxygen atoms in total. The molecule has 0 spiro atoms. The molecule has 0 radical (unpaired) electrons. The third-order valence-electron chi connectivity index (χ3n) is 4.83. The van der Waals surface area contributed by atoms with E-state index < -0.39 is 9.84 Å². The van der Waals surface area contributed by atoms with Crippen LogP contribution >= 0.6 is 0 Å². The quantitative estimate of drug-likeness (QED) is 0.701. The highest BCUT2D eigenvalue weighted by Crippen LogP contribution is 2.27. The molecule has 0 aliphatic heterocycles. The summed E-state index contributed by atoms with van der Waals surface area (Å²) >= 11 is 0. The summed E-state index contributed by atoms with van der Waals surface area (Å²) in [5, 5.41) is 11.2. The second-order valence-electron chi connectivity index (χ2n) is 6.71. The number of aromatic nitrogens is 5. The van der Waals surface area contributed by atoms with Crippen LogP contribution in [0.4, 0.5) is 5.95 Å². The number of rotatable bonds is 5. The number of benzene rings is 1. The molecule has 3 aromatic rings. The monoisotopic (exact) mass is 388 g/mol. The van der Waals surface area contributed by atoms with Crippen LogP contribution in [0.1, 0.15) is 19.3 Å². The van der Waals surface area contributed by atoms with E-state index in [0.29, 0.717) is 30.0 Å². The molecule has 27 heavy (non-hydrogen) atoms. The van der Waals surface area contributed by atoms with E-state index in [1.54, 1.807) is 18.0 Å². The van der Waals surface area contributed by atoms with Crippen LogP contribution in [0.3, 0.4) is 0 Å². The predicted octanol–water partition coefficient (Wildman–Crippen LogP) is 1.60. The zero-order valence-corrected chi connectivity index (χ0v) is 15.8. The van der Waals surface area contributed by atoms with Crippen LogP contribution in [0, 0.1) is 0 Å². The number of hydrogen-bond donors (Lipinski definition) is 1. The van der Waals surface area contributed by atoms with Crippen LogP contribution in [0.5, 0.6) is 5.75 Å². The van der Waals surface area contributed by atoms with Gasteiger partial charge in [-0.2, -0.15) is 9.67 Å². The van der Waals surface area contributed by atoms with Crippen molar-refractivity contribution < 1.29 is 13.2 Å². The maximum atomic E-state index is 11.7. The summed E-state index contributed by atoms with van der Waals surface area (Å²) in [6.07, 6.45) is 4.90. The van der Waals surface area contributed by atoms with Crippen molar-refractivity contribution in [3.63, 3.8) is 0 Å². The number of hydrogen-bond acceptors (Lipinski definition) is 8. The molecule has 4 rings (SSSR count). The number of methoxy groups -OCH3 is 1. The second kappa shape index (κ2) is 6.76. The third-order valence-corrected chi connectivity index (χ3v) is 6.47. The van der Waals surface area contributed by atoms with Crippen molar-refractivity contribution in [2.24, 2.45) is 0 Å². The van der Waals surface area contributed by atoms with Gasteiger partial charge in [-0.25, -0.2) is 13.4 Å². The lowest BCUT2D eigenvalue weighted by Crippen LogP contribution is -2.21. The highest BCUT2D eigenvalue weighted by molar-refractivity contribution is 7.91. The normalized spacial score (nSPS) is 20.1. The zero-order chi connectivity index (χ0) is 19.0. The molecule has 1 aliphatic carbocycles. The topological polar surface area (TPSA) is 112 Å². The van der Waals surface area contributed by atoms with E-state index in [4.69, 9.17) is 4.74 Å². The molecule has 142 valence electrons. The van der Waals surface area contributed by atoms with Gasteiger partial charge in [-0.1, -0.05) is 5.21 Å². The Labute approximate surface area is 156 Å². The van der Waals surface area contributed by atoms with Gasteiger partial charge in [0, 0.05) is 12.3 Å². The highest BCUT2D eigenvalue weighted by atomic mass is 32.2. The van der Waals surface area contributed by atoms with E-state index in [2.05, 4.69) is 25.6 Å². The first-order chi connectivity index (χ1) is 12.9. The van der Waals surface area contributed by atoms with Crippen LogP contribution in [0.25, 0.3) is 16.9 Å². The summed E-state index contributed by atoms with van der Waals surface area (Å²) in [6.45, 7) is 0. The number of anilines is 1. The molecule has 1 aromatic carbocycles. The summed E-state index contributed by atoms with van der Waals surface area (Å²) in [4.78, 5) is 8.82. The summed E-state index contributed by atoms with van der Waals surface area (Å²) in [6, 6.07) is 7.46. The predicted molar refractivity (Wildman–Crippen MR) is 101 cm³/mol. The molecule has 0 saturated heterocycles. The molecule has 1 N–H and O–H groups in total. The van der Waals surface area contributed by atoms with E-state index in [9.17, 15) is 8.42 Å². The van der Waals surface area contributed by atoms with Crippen LogP contribution in [-0.4, -0.2) is 58.0 Å². The van der Waals surface area contributed by atoms with Gasteiger partial charge in [0.05, 0.1) is 24.2 Å². The Bertz CT molecular complexity index is 1060. The SMILES string of the molecule is COc1ccc(-n2nnc3cnc(N[C@@H]4CC[C@H](S(C)(=O)=O)C4)nc32)cc1. The van der Waals surface area contributed by atoms with Gasteiger partial charge >= 0.3 is 0 Å². The minimum absolute atomic E-state index is 0.0347. The summed E-state index contributed by atoms with van der Waals surface area (Å²) in [5.74, 6) is 1.19. The summed E-state index contributed by atoms with van der Waals surface area (Å²) in [5.41, 5.74) is 1.97. The highest BCUT2D eigenvalue weighted by Gasteiger charge is 2.31. The number of ether oxygens (including phenoxy) is 1. The largest absolute Gasteiger partial charge is 0.497 e. The molecule has 1 aliphatic rings. The molecule has 2 aromatic heterocycles. The molecule has 0 amide bonds. The van der Waals surface area contributed by atoms with Crippen LogP contribution in [0.2, 0.25) is 0 Å². The lowest BCUT2D eigenvalue weighted by Gasteiger charge is -2.12. The average Bonchev–Trinajstić information content (AvgIpc) is 3.28. The maximum Gasteiger partial charge on any atom is 0.225 e. The summed E-state index contributed by atoms with van der Waals surface area (Å²) in [7, 11) is -1.40. The number of nitrogens with zero attached hydrogens (tertiary/aromatic N) is 5. The fourth-order valence-electron chi connectivity index (χ4n) is 3.34. The van der Waals surface area contributed by atoms with Gasteiger partial charge in [-0.15, -0.1) is 5.10 Å². The Kier molecular flexibility index (Phi) is 4.42. The van der Waals surface area contributed by atoms with Gasteiger partial charge in [0.15, 0.2) is 11.2 Å². The second-order valence-corrected chi connectivity index (χ2v) is 9.03. The van der Waals surface area contributed by atoms with Gasteiger partial charge in [0.1, 0.15) is 15.6 Å². The van der Waals surface area contributed by atoms with E-state index in [-0.39, 0.29) is 11.3 Å². The first-order valence-electron chi connectivity index (χ1n) is 8.62. The Hall–Kier alpha value is -2.75. The Morgan fingerprint density at radius 1 is 1.22 bits per heavy atom. The minimum atomic E-state index is -3.02. The van der Waals surface area contributed by atoms with Crippen LogP contribution < -0.4 is 10.1 Å². The van der Waals surface area contributed by atoms with Gasteiger partial charge in [-0.05, 0) is 43.5 Å². The van der Waals surface area contributed by atoms with Crippen molar-refractivity contribution in [2.45, 2.75) is 30.6 Å². The van der Waals surface area contributed by atoms with Gasteiger partial charge in [-0.3, -0.25) is 0 Å². The van der Waals surface area contributed by atoms with Crippen molar-refractivity contribution in [1.29, 1.82) is 0 Å². The first-order valence-corrected chi connectivity index (χ1v) is 10.6. The maximum absolute atomic E-state index is 11.7. The van der Waals surface area contributed by atoms with E-state index in [0.717, 1.165) is 17.9 Å². The van der Waals surface area contributed by atoms with Crippen molar-refractivity contribution in [1.82, 2.24) is 25.0 Å². The molecule has 1 fully saturated rings. The molecule has 1 saturated carbocycles. The van der Waals surface area contributed by atoms with Crippen molar-refractivity contribution in [3.8, 4) is 11.4 Å². The number of fused-ring (bicyclic) bond motifs is 1. The van der Waals surface area contributed by atoms with Crippen molar-refractivity contribution in [2.75, 3.05) is 18.7 Å². The molecular formula is C17H20N6O3S. The molecule has 0 bridgehead atoms. The third kappa shape index (κ3) is 3.57. The number of sulfone groups is 1. The standard InChI is InChI=1S/C17H20N6O3S/c1-26-13-6-4-12(5-7-13)23-16-15(21-22-23)10-18-17(20-16)19-11-3-8-14(9-11)27(2,24)25/h4-7,10-11,14H,3,8-9H2,1-2H3,(H,18,19,20)/t11-,14+/m1/s1. The molecule has 0 unspecified atom stereocenters. The summed E-state index contributed by atoms with van der Waals surface area (Å²) < 4.78 is 30.3. The lowest BCUT2D eigenvalue weighted by atomic mass is 10.2. The van der Waals surface area contributed by atoms with E-state index in [1.165, 1.54) is 6.26 Å². The fraction of sp³-hybridized carbons (Fsp3) is 0.412. The Morgan fingerprint density at radius 2 is 2.00 bits per heavy atom. The Balaban J connectivity index is 1.58.